The van der Waals surface area contributed by atoms with Crippen molar-refractivity contribution in [2.75, 3.05) is 19.8 Å². The van der Waals surface area contributed by atoms with Crippen LogP contribution in [0.5, 0.6) is 11.5 Å². The molecule has 0 bridgehead atoms. The Hall–Kier alpha value is -2.24. The molecule has 0 atom stereocenters. The third-order valence-corrected chi connectivity index (χ3v) is 4.13. The molecule has 0 unspecified atom stereocenters. The highest BCUT2D eigenvalue weighted by molar-refractivity contribution is 5.94. The van der Waals surface area contributed by atoms with Crippen LogP contribution < -0.4 is 14.8 Å². The van der Waals surface area contributed by atoms with Crippen molar-refractivity contribution < 1.29 is 24.2 Å². The molecule has 1 aromatic rings. The minimum absolute atomic E-state index is 0.147. The van der Waals surface area contributed by atoms with Crippen LogP contribution in [0.15, 0.2) is 18.2 Å². The number of carboxylic acids is 1. The molecule has 6 heteroatoms. The Morgan fingerprint density at radius 2 is 1.92 bits per heavy atom. The molecule has 0 radical (unpaired) electrons. The van der Waals surface area contributed by atoms with E-state index in [2.05, 4.69) is 5.32 Å². The SMILES string of the molecule is CCOc1cc(C(=O)NCC2CCCCC2)ccc1OCC(=O)O. The zero-order valence-corrected chi connectivity index (χ0v) is 14.0. The maximum Gasteiger partial charge on any atom is 0.341 e. The third-order valence-electron chi connectivity index (χ3n) is 4.13. The van der Waals surface area contributed by atoms with Gasteiger partial charge in [-0.2, -0.15) is 0 Å². The smallest absolute Gasteiger partial charge is 0.341 e. The van der Waals surface area contributed by atoms with Crippen LogP contribution in [0.1, 0.15) is 49.4 Å². The highest BCUT2D eigenvalue weighted by Crippen LogP contribution is 2.29. The maximum absolute atomic E-state index is 12.3. The number of carbonyl (C=O) groups excluding carboxylic acids is 1. The third kappa shape index (κ3) is 5.44. The summed E-state index contributed by atoms with van der Waals surface area (Å²) in [6.45, 7) is 2.46. The Morgan fingerprint density at radius 1 is 1.17 bits per heavy atom. The molecule has 132 valence electrons. The van der Waals surface area contributed by atoms with E-state index in [9.17, 15) is 9.59 Å². The van der Waals surface area contributed by atoms with Gasteiger partial charge >= 0.3 is 5.97 Å². The molecule has 0 aromatic heterocycles. The molecule has 1 amide bonds. The summed E-state index contributed by atoms with van der Waals surface area (Å²) in [5.74, 6) is 0.0532. The van der Waals surface area contributed by atoms with Gasteiger partial charge in [0.1, 0.15) is 0 Å². The molecular weight excluding hydrogens is 310 g/mol. The van der Waals surface area contributed by atoms with Crippen LogP contribution in [-0.4, -0.2) is 36.7 Å². The van der Waals surface area contributed by atoms with Crippen molar-refractivity contribution in [3.8, 4) is 11.5 Å². The van der Waals surface area contributed by atoms with E-state index in [1.807, 2.05) is 6.92 Å². The van der Waals surface area contributed by atoms with Crippen LogP contribution >= 0.6 is 0 Å². The van der Waals surface area contributed by atoms with Crippen molar-refractivity contribution in [2.24, 2.45) is 5.92 Å². The fraction of sp³-hybridized carbons (Fsp3) is 0.556. The van der Waals surface area contributed by atoms with Crippen LogP contribution in [0, 0.1) is 5.92 Å². The maximum atomic E-state index is 12.3. The molecule has 0 saturated heterocycles. The first kappa shape index (κ1) is 18.1. The first-order chi connectivity index (χ1) is 11.6. The summed E-state index contributed by atoms with van der Waals surface area (Å²) in [6.07, 6.45) is 6.12. The molecule has 24 heavy (non-hydrogen) atoms. The van der Waals surface area contributed by atoms with Crippen LogP contribution in [0.2, 0.25) is 0 Å². The average Bonchev–Trinajstić information content (AvgIpc) is 2.59. The van der Waals surface area contributed by atoms with Gasteiger partial charge in [-0.15, -0.1) is 0 Å². The zero-order chi connectivity index (χ0) is 17.4. The largest absolute Gasteiger partial charge is 0.490 e. The van der Waals surface area contributed by atoms with Gasteiger partial charge in [0.2, 0.25) is 0 Å². The lowest BCUT2D eigenvalue weighted by molar-refractivity contribution is -0.139. The van der Waals surface area contributed by atoms with Crippen molar-refractivity contribution in [1.29, 1.82) is 0 Å². The Balaban J connectivity index is 1.98. The predicted molar refractivity (Wildman–Crippen MR) is 89.7 cm³/mol. The van der Waals surface area contributed by atoms with E-state index in [1.54, 1.807) is 18.2 Å². The van der Waals surface area contributed by atoms with Crippen LogP contribution in [-0.2, 0) is 4.79 Å². The molecule has 1 aromatic carbocycles. The molecule has 2 N–H and O–H groups in total. The van der Waals surface area contributed by atoms with Crippen molar-refractivity contribution in [3.63, 3.8) is 0 Å². The van der Waals surface area contributed by atoms with Gasteiger partial charge in [-0.25, -0.2) is 4.79 Å². The molecule has 0 spiro atoms. The van der Waals surface area contributed by atoms with E-state index in [1.165, 1.54) is 32.1 Å². The van der Waals surface area contributed by atoms with E-state index in [0.29, 0.717) is 36.1 Å². The Labute approximate surface area is 142 Å². The highest BCUT2D eigenvalue weighted by atomic mass is 16.5. The fourth-order valence-corrected chi connectivity index (χ4v) is 2.91. The average molecular weight is 335 g/mol. The number of hydrogen-bond donors (Lipinski definition) is 2. The Bertz CT molecular complexity index is 567. The summed E-state index contributed by atoms with van der Waals surface area (Å²) >= 11 is 0. The van der Waals surface area contributed by atoms with Crippen LogP contribution in [0.25, 0.3) is 0 Å². The summed E-state index contributed by atoms with van der Waals surface area (Å²) in [5, 5.41) is 11.7. The molecule has 1 aliphatic rings. The van der Waals surface area contributed by atoms with Gasteiger partial charge in [0.05, 0.1) is 6.61 Å². The summed E-state index contributed by atoms with van der Waals surface area (Å²) in [5.41, 5.74) is 0.483. The molecule has 6 nitrogen and oxygen atoms in total. The van der Waals surface area contributed by atoms with Crippen molar-refractivity contribution >= 4 is 11.9 Å². The van der Waals surface area contributed by atoms with Crippen molar-refractivity contribution in [2.45, 2.75) is 39.0 Å². The lowest BCUT2D eigenvalue weighted by atomic mass is 9.89. The number of aliphatic carboxylic acids is 1. The fourth-order valence-electron chi connectivity index (χ4n) is 2.91. The van der Waals surface area contributed by atoms with E-state index < -0.39 is 12.6 Å². The summed E-state index contributed by atoms with van der Waals surface area (Å²) < 4.78 is 10.6. The molecule has 1 aliphatic carbocycles. The first-order valence-corrected chi connectivity index (χ1v) is 8.49. The van der Waals surface area contributed by atoms with Gasteiger partial charge in [-0.05, 0) is 43.9 Å². The minimum Gasteiger partial charge on any atom is -0.490 e. The topological polar surface area (TPSA) is 84.9 Å². The van der Waals surface area contributed by atoms with Gasteiger partial charge in [0.25, 0.3) is 5.91 Å². The quantitative estimate of drug-likeness (QED) is 0.763. The molecule has 2 rings (SSSR count). The lowest BCUT2D eigenvalue weighted by Crippen LogP contribution is -2.30. The van der Waals surface area contributed by atoms with Gasteiger partial charge in [-0.3, -0.25) is 4.79 Å². The molecule has 1 fully saturated rings. The molecule has 1 saturated carbocycles. The number of carbonyl (C=O) groups is 2. The molecule has 0 aliphatic heterocycles. The molecule has 0 heterocycles. The van der Waals surface area contributed by atoms with E-state index in [0.717, 1.165) is 0 Å². The van der Waals surface area contributed by atoms with Crippen molar-refractivity contribution in [3.05, 3.63) is 23.8 Å². The minimum atomic E-state index is -1.06. The highest BCUT2D eigenvalue weighted by Gasteiger charge is 2.16. The Morgan fingerprint density at radius 3 is 2.58 bits per heavy atom. The van der Waals surface area contributed by atoms with Gasteiger partial charge in [-0.1, -0.05) is 19.3 Å². The summed E-state index contributed by atoms with van der Waals surface area (Å²) in [4.78, 5) is 22.9. The number of ether oxygens (including phenoxy) is 2. The number of rotatable bonds is 8. The standard InChI is InChI=1S/C18H25NO5/c1-2-23-16-10-14(8-9-15(16)24-12-17(20)21)18(22)19-11-13-6-4-3-5-7-13/h8-10,13H,2-7,11-12H2,1H3,(H,19,22)(H,20,21). The van der Waals surface area contributed by atoms with Gasteiger partial charge < -0.3 is 19.9 Å². The number of nitrogens with one attached hydrogen (secondary N) is 1. The second kappa shape index (κ2) is 9.15. The molecular formula is C18H25NO5. The second-order valence-corrected chi connectivity index (χ2v) is 5.99. The van der Waals surface area contributed by atoms with Gasteiger partial charge in [0, 0.05) is 12.1 Å². The Kier molecular flexibility index (Phi) is 6.90. The van der Waals surface area contributed by atoms with Crippen LogP contribution in [0.4, 0.5) is 0 Å². The first-order valence-electron chi connectivity index (χ1n) is 8.49. The van der Waals surface area contributed by atoms with Crippen molar-refractivity contribution in [1.82, 2.24) is 5.32 Å². The number of carboxylic acid groups (broad SMARTS) is 1. The zero-order valence-electron chi connectivity index (χ0n) is 14.0. The number of benzene rings is 1. The lowest BCUT2D eigenvalue weighted by Gasteiger charge is -2.21. The summed E-state index contributed by atoms with van der Waals surface area (Å²) in [7, 11) is 0. The second-order valence-electron chi connectivity index (χ2n) is 5.99. The normalized spacial score (nSPS) is 14.9. The van der Waals surface area contributed by atoms with Gasteiger partial charge in [0.15, 0.2) is 18.1 Å². The summed E-state index contributed by atoms with van der Waals surface area (Å²) in [6, 6.07) is 4.79. The number of hydrogen-bond acceptors (Lipinski definition) is 4. The van der Waals surface area contributed by atoms with E-state index in [4.69, 9.17) is 14.6 Å². The van der Waals surface area contributed by atoms with Crippen LogP contribution in [0.3, 0.4) is 0 Å². The number of amides is 1. The van der Waals surface area contributed by atoms with E-state index >= 15 is 0 Å². The monoisotopic (exact) mass is 335 g/mol. The van der Waals surface area contributed by atoms with E-state index in [-0.39, 0.29) is 5.91 Å². The predicted octanol–water partition coefficient (Wildman–Crippen LogP) is 2.86.